The Balaban J connectivity index is 0.000000183. The molecule has 4 aromatic heterocycles. The molecule has 10 nitrogen and oxygen atoms in total. The van der Waals surface area contributed by atoms with Gasteiger partial charge in [0.2, 0.25) is 11.9 Å². The van der Waals surface area contributed by atoms with Crippen LogP contribution in [-0.2, 0) is 12.7 Å². The SMILES string of the molecule is Cc1ccoc1/C=N/c1ncn[nH]1.Cc1ccoc1/C=N/c1ncn[nH]1.[Cl][Ni][Cl]. The van der Waals surface area contributed by atoms with Gasteiger partial charge in [-0.1, -0.05) is 0 Å². The van der Waals surface area contributed by atoms with E-state index >= 15 is 0 Å². The predicted molar refractivity (Wildman–Crippen MR) is 106 cm³/mol. The number of aryl methyl sites for hydroxylation is 2. The number of aliphatic imine (C=N–C) groups is 2. The zero-order chi connectivity index (χ0) is 20.9. The Morgan fingerprint density at radius 2 is 1.28 bits per heavy atom. The standard InChI is InChI=1S/2C8H8N4O.2ClH.Ni/c2*1-6-2-3-13-7(6)4-9-8-10-5-11-12-8;;;/h2*2-5H,1H3,(H,10,11,12);2*1H;/q;;;;+2/p-2/b2*9-4+;;;. The molecule has 0 saturated carbocycles. The van der Waals surface area contributed by atoms with Crippen molar-refractivity contribution < 1.29 is 21.5 Å². The van der Waals surface area contributed by atoms with Gasteiger partial charge in [0.05, 0.1) is 25.0 Å². The number of nitrogens with one attached hydrogen (secondary N) is 2. The monoisotopic (exact) mass is 480 g/mol. The topological polar surface area (TPSA) is 134 Å². The van der Waals surface area contributed by atoms with E-state index in [9.17, 15) is 0 Å². The molecule has 29 heavy (non-hydrogen) atoms. The first-order chi connectivity index (χ1) is 14.1. The molecule has 4 heterocycles. The van der Waals surface area contributed by atoms with Crippen molar-refractivity contribution in [1.29, 1.82) is 0 Å². The van der Waals surface area contributed by atoms with Gasteiger partial charge in [-0.15, -0.1) is 0 Å². The first-order valence-corrected chi connectivity index (χ1v) is 10.5. The van der Waals surface area contributed by atoms with Gasteiger partial charge in [0.15, 0.2) is 0 Å². The Hall–Kier alpha value is -2.75. The summed E-state index contributed by atoms with van der Waals surface area (Å²) in [7, 11) is 9.40. The van der Waals surface area contributed by atoms with Gasteiger partial charge in [-0.2, -0.15) is 20.2 Å². The zero-order valence-corrected chi connectivity index (χ0v) is 17.7. The van der Waals surface area contributed by atoms with Crippen LogP contribution in [0.1, 0.15) is 22.6 Å². The second-order valence-electron chi connectivity index (χ2n) is 5.12. The molecule has 0 fully saturated rings. The van der Waals surface area contributed by atoms with Crippen molar-refractivity contribution >= 4 is 44.7 Å². The van der Waals surface area contributed by atoms with Gasteiger partial charge in [0.1, 0.15) is 24.2 Å². The second-order valence-corrected chi connectivity index (χ2v) is 6.75. The Morgan fingerprint density at radius 1 is 0.862 bits per heavy atom. The summed E-state index contributed by atoms with van der Waals surface area (Å²) >= 11 is 0.569. The fourth-order valence-corrected chi connectivity index (χ4v) is 1.80. The molecule has 2 N–H and O–H groups in total. The number of halogens is 2. The number of aromatic nitrogens is 6. The molecule has 13 heteroatoms. The molecule has 0 aliphatic carbocycles. The summed E-state index contributed by atoms with van der Waals surface area (Å²) in [6.07, 6.45) is 9.27. The third-order valence-electron chi connectivity index (χ3n) is 3.22. The van der Waals surface area contributed by atoms with Gasteiger partial charge in [0, 0.05) is 0 Å². The molecule has 156 valence electrons. The van der Waals surface area contributed by atoms with Crippen molar-refractivity contribution in [2.45, 2.75) is 13.8 Å². The summed E-state index contributed by atoms with van der Waals surface area (Å²) in [5.41, 5.74) is 2.09. The van der Waals surface area contributed by atoms with Gasteiger partial charge < -0.3 is 8.83 Å². The van der Waals surface area contributed by atoms with Gasteiger partial charge >= 0.3 is 33.0 Å². The Labute approximate surface area is 180 Å². The van der Waals surface area contributed by atoms with Crippen LogP contribution in [0.2, 0.25) is 0 Å². The van der Waals surface area contributed by atoms with E-state index in [0.717, 1.165) is 22.6 Å². The molecule has 0 radical (unpaired) electrons. The predicted octanol–water partition coefficient (Wildman–Crippen LogP) is 4.29. The van der Waals surface area contributed by atoms with Crippen LogP contribution in [0.4, 0.5) is 11.9 Å². The van der Waals surface area contributed by atoms with Crippen LogP contribution >= 0.6 is 20.4 Å². The number of aromatic amines is 2. The number of hydrogen-bond donors (Lipinski definition) is 2. The first-order valence-electron chi connectivity index (χ1n) is 7.83. The van der Waals surface area contributed by atoms with Crippen molar-refractivity contribution in [3.63, 3.8) is 0 Å². The summed E-state index contributed by atoms with van der Waals surface area (Å²) in [5.74, 6) is 2.40. The van der Waals surface area contributed by atoms with Gasteiger partial charge in [-0.3, -0.25) is 0 Å². The van der Waals surface area contributed by atoms with Crippen LogP contribution in [0.15, 0.2) is 56.1 Å². The van der Waals surface area contributed by atoms with Crippen LogP contribution in [0, 0.1) is 13.8 Å². The molecular formula is C16H16Cl2N8NiO2. The molecule has 4 rings (SSSR count). The molecule has 0 aliphatic heterocycles. The Bertz CT molecular complexity index is 916. The molecule has 0 atom stereocenters. The third-order valence-corrected chi connectivity index (χ3v) is 3.22. The molecule has 0 spiro atoms. The van der Waals surface area contributed by atoms with Gasteiger partial charge in [-0.05, 0) is 37.1 Å². The van der Waals surface area contributed by atoms with Crippen LogP contribution in [-0.4, -0.2) is 42.8 Å². The Kier molecular flexibility index (Phi) is 9.84. The van der Waals surface area contributed by atoms with Gasteiger partial charge in [-0.25, -0.2) is 20.2 Å². The maximum absolute atomic E-state index is 5.15. The van der Waals surface area contributed by atoms with E-state index in [-0.39, 0.29) is 0 Å². The fraction of sp³-hybridized carbons (Fsp3) is 0.125. The van der Waals surface area contributed by atoms with E-state index in [0.29, 0.717) is 24.6 Å². The number of rotatable bonds is 4. The summed E-state index contributed by atoms with van der Waals surface area (Å²) in [6, 6.07) is 3.75. The van der Waals surface area contributed by atoms with Crippen molar-refractivity contribution in [3.05, 3.63) is 60.0 Å². The number of hydrogen-bond acceptors (Lipinski definition) is 8. The van der Waals surface area contributed by atoms with Crippen molar-refractivity contribution in [2.75, 3.05) is 0 Å². The first kappa shape index (κ1) is 22.5. The molecule has 0 saturated heterocycles. The molecule has 0 bridgehead atoms. The zero-order valence-electron chi connectivity index (χ0n) is 15.2. The summed E-state index contributed by atoms with van der Waals surface area (Å²) < 4.78 is 10.3. The Morgan fingerprint density at radius 3 is 1.55 bits per heavy atom. The number of nitrogens with zero attached hydrogens (tertiary/aromatic N) is 6. The third kappa shape index (κ3) is 8.02. The molecule has 4 aromatic rings. The maximum atomic E-state index is 5.15. The normalized spacial score (nSPS) is 10.8. The summed E-state index contributed by atoms with van der Waals surface area (Å²) in [5, 5.41) is 12.6. The van der Waals surface area contributed by atoms with Crippen LogP contribution < -0.4 is 0 Å². The summed E-state index contributed by atoms with van der Waals surface area (Å²) in [4.78, 5) is 15.7. The molecular weight excluding hydrogens is 466 g/mol. The van der Waals surface area contributed by atoms with E-state index in [2.05, 4.69) is 40.3 Å². The average Bonchev–Trinajstić information content (AvgIpc) is 3.50. The second kappa shape index (κ2) is 12.7. The van der Waals surface area contributed by atoms with E-state index in [4.69, 9.17) is 29.2 Å². The van der Waals surface area contributed by atoms with E-state index < -0.39 is 0 Å². The van der Waals surface area contributed by atoms with Crippen molar-refractivity contribution in [3.8, 4) is 0 Å². The van der Waals surface area contributed by atoms with Crippen molar-refractivity contribution in [1.82, 2.24) is 30.4 Å². The summed E-state index contributed by atoms with van der Waals surface area (Å²) in [6.45, 7) is 3.90. The molecule has 0 aromatic carbocycles. The van der Waals surface area contributed by atoms with E-state index in [1.54, 1.807) is 25.0 Å². The minimum atomic E-state index is 0.468. The average molecular weight is 482 g/mol. The number of H-pyrrole nitrogens is 2. The van der Waals surface area contributed by atoms with Crippen molar-refractivity contribution in [2.24, 2.45) is 9.98 Å². The van der Waals surface area contributed by atoms with E-state index in [1.165, 1.54) is 12.7 Å². The van der Waals surface area contributed by atoms with Gasteiger partial charge in [0.25, 0.3) is 0 Å². The quantitative estimate of drug-likeness (QED) is 0.330. The van der Waals surface area contributed by atoms with Crippen LogP contribution in [0.3, 0.4) is 0 Å². The van der Waals surface area contributed by atoms with Crippen LogP contribution in [0.25, 0.3) is 0 Å². The molecule has 0 unspecified atom stereocenters. The van der Waals surface area contributed by atoms with E-state index in [1.807, 2.05) is 26.0 Å². The molecule has 0 aliphatic rings. The molecule has 0 amide bonds. The van der Waals surface area contributed by atoms with Crippen LogP contribution in [0.5, 0.6) is 0 Å². The fourth-order valence-electron chi connectivity index (χ4n) is 1.80. The minimum absolute atomic E-state index is 0.468. The number of furan rings is 2.